The third kappa shape index (κ3) is 5.28. The van der Waals surface area contributed by atoms with Crippen molar-refractivity contribution in [3.8, 4) is 0 Å². The molecule has 0 saturated carbocycles. The van der Waals surface area contributed by atoms with E-state index in [1.165, 1.54) is 42.1 Å². The Labute approximate surface area is 227 Å². The molecule has 1 aromatic rings. The molecule has 1 fully saturated rings. The molecule has 0 aromatic carbocycles. The molecule has 0 radical (unpaired) electrons. The number of oxime groups is 1. The Morgan fingerprint density at radius 3 is 2.82 bits per heavy atom. The van der Waals surface area contributed by atoms with E-state index in [4.69, 9.17) is 15.3 Å². The average Bonchev–Trinajstić information content (AvgIpc) is 3.40. The van der Waals surface area contributed by atoms with Crippen LogP contribution in [0.3, 0.4) is 0 Å². The molecule has 0 spiro atoms. The van der Waals surface area contributed by atoms with Gasteiger partial charge in [-0.05, 0) is 5.57 Å². The maximum absolute atomic E-state index is 12.8. The molecular formula is C18H16N5NaO7S3. The van der Waals surface area contributed by atoms with Gasteiger partial charge in [-0.15, -0.1) is 34.9 Å². The van der Waals surface area contributed by atoms with Crippen LogP contribution in [0, 0.1) is 0 Å². The molecule has 3 N–H and O–H groups in total. The molecule has 4 heterocycles. The summed E-state index contributed by atoms with van der Waals surface area (Å²) in [5.74, 6) is -2.60. The molecule has 16 heteroatoms. The third-order valence-corrected chi connectivity index (χ3v) is 8.07. The first-order valence-corrected chi connectivity index (χ1v) is 12.2. The molecule has 1 saturated heterocycles. The van der Waals surface area contributed by atoms with Gasteiger partial charge in [0.25, 0.3) is 11.8 Å². The van der Waals surface area contributed by atoms with Gasteiger partial charge >= 0.3 is 35.5 Å². The van der Waals surface area contributed by atoms with Gasteiger partial charge in [-0.3, -0.25) is 14.5 Å². The Hall–Kier alpha value is -2.04. The van der Waals surface area contributed by atoms with Crippen molar-refractivity contribution in [1.82, 2.24) is 15.2 Å². The monoisotopic (exact) mass is 533 g/mol. The second-order valence-electron chi connectivity index (χ2n) is 6.81. The molecule has 1 aromatic heterocycles. The summed E-state index contributed by atoms with van der Waals surface area (Å²) < 4.78 is 4.84. The number of nitrogens with two attached hydrogens (primary N) is 1. The second kappa shape index (κ2) is 11.1. The molecule has 12 nitrogen and oxygen atoms in total. The number of esters is 1. The summed E-state index contributed by atoms with van der Waals surface area (Å²) in [6.07, 6.45) is 1.36. The van der Waals surface area contributed by atoms with Crippen LogP contribution in [0.15, 0.2) is 32.8 Å². The first-order chi connectivity index (χ1) is 15.8. The number of aromatic nitrogens is 1. The minimum atomic E-state index is -1.49. The number of carboxylic acids is 1. The van der Waals surface area contributed by atoms with E-state index in [0.717, 1.165) is 21.8 Å². The molecule has 3 aliphatic rings. The number of fused-ring (bicyclic) bond motifs is 1. The number of carbonyl (C=O) groups is 4. The number of nitrogens with one attached hydrogen (secondary N) is 1. The summed E-state index contributed by atoms with van der Waals surface area (Å²) >= 11 is 3.62. The average molecular weight is 534 g/mol. The Kier molecular flexibility index (Phi) is 8.70. The molecule has 0 unspecified atom stereocenters. The van der Waals surface area contributed by atoms with Crippen LogP contribution in [-0.2, 0) is 28.8 Å². The standard InChI is InChI=1S/C18H17N5O7S3.Na/c1-29-22-11(8-5-33-18(19)20-8)14(25)21-12-15(26)23-13(17(27)28)9(6-32-16(12)23)31-4-7-2-10(24)30-3-7;/h2,5,12,16H,3-4,6H2,1H3,(H2,19,20)(H,21,25)(H,27,28);/q;+1/p-1/b22-11-;/t12-,16+;/m1./s1. The van der Waals surface area contributed by atoms with E-state index in [-0.39, 0.29) is 58.4 Å². The summed E-state index contributed by atoms with van der Waals surface area (Å²) in [4.78, 5) is 58.8. The third-order valence-electron chi connectivity index (χ3n) is 4.73. The van der Waals surface area contributed by atoms with Crippen LogP contribution < -0.4 is 45.7 Å². The number of carboxylic acid groups (broad SMARTS) is 1. The number of hydrogen-bond donors (Lipinski definition) is 2. The van der Waals surface area contributed by atoms with Gasteiger partial charge in [0, 0.05) is 27.9 Å². The SMILES string of the molecule is CO/N=C(\C(=O)N[C@@H]1C(=O)N2C(C(=O)[O-])=C(SCC3=CC(=O)OC3)CS[C@@H]12)c1csc(N)n1.[Na+]. The van der Waals surface area contributed by atoms with Crippen LogP contribution in [-0.4, -0.2) is 76.0 Å². The van der Waals surface area contributed by atoms with E-state index in [0.29, 0.717) is 16.4 Å². The van der Waals surface area contributed by atoms with Crippen LogP contribution in [0.4, 0.5) is 5.13 Å². The van der Waals surface area contributed by atoms with Crippen LogP contribution in [0.1, 0.15) is 5.69 Å². The van der Waals surface area contributed by atoms with Crippen LogP contribution in [0.5, 0.6) is 0 Å². The van der Waals surface area contributed by atoms with Crippen molar-refractivity contribution in [1.29, 1.82) is 0 Å². The fourth-order valence-electron chi connectivity index (χ4n) is 3.27. The molecule has 2 amide bonds. The maximum Gasteiger partial charge on any atom is 1.00 e. The number of ether oxygens (including phenoxy) is 1. The van der Waals surface area contributed by atoms with Crippen molar-refractivity contribution in [2.24, 2.45) is 5.16 Å². The van der Waals surface area contributed by atoms with Gasteiger partial charge in [-0.25, -0.2) is 9.78 Å². The number of carbonyl (C=O) groups excluding carboxylic acids is 4. The Morgan fingerprint density at radius 2 is 2.24 bits per heavy atom. The van der Waals surface area contributed by atoms with E-state index in [1.807, 2.05) is 0 Å². The molecule has 0 bridgehead atoms. The molecule has 4 rings (SSSR count). The number of cyclic esters (lactones) is 1. The van der Waals surface area contributed by atoms with E-state index >= 15 is 0 Å². The van der Waals surface area contributed by atoms with Crippen molar-refractivity contribution in [3.63, 3.8) is 0 Å². The molecule has 3 aliphatic heterocycles. The minimum Gasteiger partial charge on any atom is -0.543 e. The predicted molar refractivity (Wildman–Crippen MR) is 119 cm³/mol. The zero-order valence-electron chi connectivity index (χ0n) is 17.9. The van der Waals surface area contributed by atoms with Gasteiger partial charge < -0.3 is 30.5 Å². The fraction of sp³-hybridized carbons (Fsp3) is 0.333. The number of thiazole rings is 1. The topological polar surface area (TPSA) is 176 Å². The predicted octanol–water partition coefficient (Wildman–Crippen LogP) is -4.34. The van der Waals surface area contributed by atoms with E-state index in [1.54, 1.807) is 0 Å². The van der Waals surface area contributed by atoms with Crippen molar-refractivity contribution in [3.05, 3.63) is 33.3 Å². The smallest absolute Gasteiger partial charge is 0.543 e. The first kappa shape index (κ1) is 26.6. The van der Waals surface area contributed by atoms with Crippen molar-refractivity contribution in [2.45, 2.75) is 11.4 Å². The first-order valence-electron chi connectivity index (χ1n) is 9.31. The zero-order chi connectivity index (χ0) is 23.7. The van der Waals surface area contributed by atoms with Crippen molar-refractivity contribution in [2.75, 3.05) is 31.0 Å². The number of hydrogen-bond acceptors (Lipinski definition) is 13. The minimum absolute atomic E-state index is 0. The van der Waals surface area contributed by atoms with Crippen LogP contribution >= 0.6 is 34.9 Å². The fourth-order valence-corrected chi connectivity index (χ4v) is 6.39. The van der Waals surface area contributed by atoms with Gasteiger partial charge in [0.2, 0.25) is 0 Å². The Bertz CT molecular complexity index is 1130. The molecule has 0 aliphatic carbocycles. The quantitative estimate of drug-likeness (QED) is 0.109. The number of aliphatic carboxylic acids is 1. The number of β-lactam (4-membered cyclic amide) rings is 1. The van der Waals surface area contributed by atoms with Gasteiger partial charge in [0.05, 0.1) is 11.7 Å². The van der Waals surface area contributed by atoms with Gasteiger partial charge in [0.15, 0.2) is 10.8 Å². The van der Waals surface area contributed by atoms with E-state index < -0.39 is 35.2 Å². The number of nitrogen functional groups attached to an aromatic ring is 1. The number of thioether (sulfide) groups is 2. The molecule has 174 valence electrons. The summed E-state index contributed by atoms with van der Waals surface area (Å²) in [5.41, 5.74) is 6.12. The summed E-state index contributed by atoms with van der Waals surface area (Å²) in [6, 6.07) is -0.968. The van der Waals surface area contributed by atoms with Gasteiger partial charge in [-0.2, -0.15) is 0 Å². The second-order valence-corrected chi connectivity index (χ2v) is 9.88. The number of amides is 2. The van der Waals surface area contributed by atoms with Gasteiger partial charge in [-0.1, -0.05) is 5.16 Å². The summed E-state index contributed by atoms with van der Waals surface area (Å²) in [7, 11) is 1.26. The summed E-state index contributed by atoms with van der Waals surface area (Å²) in [6.45, 7) is 0.155. The van der Waals surface area contributed by atoms with E-state index in [9.17, 15) is 24.3 Å². The molecular weight excluding hydrogens is 517 g/mol. The molecule has 34 heavy (non-hydrogen) atoms. The normalized spacial score (nSPS) is 21.7. The maximum atomic E-state index is 12.8. The van der Waals surface area contributed by atoms with Crippen molar-refractivity contribution >= 4 is 69.5 Å². The largest absolute Gasteiger partial charge is 1.00 e. The van der Waals surface area contributed by atoms with Crippen LogP contribution in [0.25, 0.3) is 0 Å². The van der Waals surface area contributed by atoms with Crippen molar-refractivity contribution < 1.29 is 63.4 Å². The Balaban J connectivity index is 0.00000324. The number of anilines is 1. The summed E-state index contributed by atoms with van der Waals surface area (Å²) in [5, 5.41) is 19.2. The van der Waals surface area contributed by atoms with Crippen LogP contribution in [0.2, 0.25) is 0 Å². The zero-order valence-corrected chi connectivity index (χ0v) is 22.4. The number of nitrogens with zero attached hydrogens (tertiary/aromatic N) is 3. The van der Waals surface area contributed by atoms with Gasteiger partial charge in [0.1, 0.15) is 30.8 Å². The Morgan fingerprint density at radius 1 is 1.47 bits per heavy atom. The number of rotatable bonds is 8. The van der Waals surface area contributed by atoms with E-state index in [2.05, 4.69) is 15.5 Å². The molecule has 2 atom stereocenters.